The average Bonchev–Trinajstić information content (AvgIpc) is 1.88. The minimum Gasteiger partial charge on any atom is -0.0843 e. The molecule has 0 amide bonds. The third-order valence-electron chi connectivity index (χ3n) is 1.30. The fourth-order valence-electron chi connectivity index (χ4n) is 0.757. The smallest absolute Gasteiger partial charge is 0.0408 e. The second kappa shape index (κ2) is 3.04. The summed E-state index contributed by atoms with van der Waals surface area (Å²) >= 11 is 5.74. The molecule has 0 aliphatic heterocycles. The van der Waals surface area contributed by atoms with Crippen LogP contribution in [-0.4, -0.2) is 10.2 Å². The minimum absolute atomic E-state index is 0.850. The highest BCUT2D eigenvalue weighted by molar-refractivity contribution is 6.30. The van der Waals surface area contributed by atoms with E-state index in [0.29, 0.717) is 0 Å². The predicted molar refractivity (Wildman–Crippen MR) is 45.1 cm³/mol. The van der Waals surface area contributed by atoms with Gasteiger partial charge in [0.1, 0.15) is 0 Å². The summed E-state index contributed by atoms with van der Waals surface area (Å²) in [5, 5.41) is 0.850. The summed E-state index contributed by atoms with van der Waals surface area (Å²) in [5.74, 6) is 0. The first-order valence-electron chi connectivity index (χ1n) is 3.07. The Morgan fingerprint density at radius 2 is 2.22 bits per heavy atom. The molecule has 0 fully saturated rings. The summed E-state index contributed by atoms with van der Waals surface area (Å²) in [5.41, 5.74) is 1.36. The summed E-state index contributed by atoms with van der Waals surface area (Å²) in [6.07, 6.45) is 0. The molecule has 0 bridgehead atoms. The highest BCUT2D eigenvalue weighted by Crippen LogP contribution is 2.09. The van der Waals surface area contributed by atoms with Gasteiger partial charge in [0.05, 0.1) is 0 Å². The Kier molecular flexibility index (Phi) is 2.31. The Morgan fingerprint density at radius 1 is 1.44 bits per heavy atom. The van der Waals surface area contributed by atoms with Crippen LogP contribution in [0.3, 0.4) is 0 Å². The van der Waals surface area contributed by atoms with E-state index in [1.165, 1.54) is 21.9 Å². The zero-order chi connectivity index (χ0) is 6.69. The van der Waals surface area contributed by atoms with E-state index >= 15 is 0 Å². The molecular weight excluding hydrogens is 148 g/mol. The normalized spacial score (nSPS) is 9.89. The van der Waals surface area contributed by atoms with Gasteiger partial charge in [0, 0.05) is 15.3 Å². The number of hydrogen-bond donors (Lipinski definition) is 0. The SMILES string of the molecule is [SiH3]Cc1cccc(Cl)c1. The number of halogens is 1. The topological polar surface area (TPSA) is 0 Å². The molecule has 0 radical (unpaired) electrons. The molecule has 1 rings (SSSR count). The lowest BCUT2D eigenvalue weighted by molar-refractivity contribution is 1.40. The molecular formula is C7H9ClSi. The molecule has 0 aliphatic carbocycles. The van der Waals surface area contributed by atoms with Crippen molar-refractivity contribution in [1.82, 2.24) is 0 Å². The van der Waals surface area contributed by atoms with Crippen molar-refractivity contribution in [3.8, 4) is 0 Å². The number of rotatable bonds is 1. The molecule has 0 unspecified atom stereocenters. The van der Waals surface area contributed by atoms with Crippen LogP contribution < -0.4 is 0 Å². The van der Waals surface area contributed by atoms with Crippen LogP contribution in [0.4, 0.5) is 0 Å². The van der Waals surface area contributed by atoms with E-state index in [-0.39, 0.29) is 0 Å². The van der Waals surface area contributed by atoms with Crippen LogP contribution in [0.2, 0.25) is 5.02 Å². The first-order valence-corrected chi connectivity index (χ1v) is 4.86. The average molecular weight is 157 g/mol. The van der Waals surface area contributed by atoms with E-state index in [9.17, 15) is 0 Å². The van der Waals surface area contributed by atoms with Crippen molar-refractivity contribution in [3.05, 3.63) is 34.9 Å². The van der Waals surface area contributed by atoms with Crippen molar-refractivity contribution in [2.75, 3.05) is 0 Å². The third-order valence-corrected chi connectivity index (χ3v) is 2.35. The summed E-state index contributed by atoms with van der Waals surface area (Å²) in [4.78, 5) is 0. The van der Waals surface area contributed by atoms with Gasteiger partial charge in [0.2, 0.25) is 0 Å². The minimum atomic E-state index is 0.850. The molecule has 0 aliphatic rings. The van der Waals surface area contributed by atoms with E-state index in [1.807, 2.05) is 18.2 Å². The Balaban J connectivity index is 2.94. The molecule has 0 nitrogen and oxygen atoms in total. The van der Waals surface area contributed by atoms with Gasteiger partial charge in [-0.2, -0.15) is 0 Å². The van der Waals surface area contributed by atoms with Crippen LogP contribution in [0, 0.1) is 0 Å². The van der Waals surface area contributed by atoms with Crippen LogP contribution >= 0.6 is 11.6 Å². The standard InChI is InChI=1S/C7H9ClSi/c8-7-3-1-2-6(4-7)5-9/h1-4H,5H2,9H3. The van der Waals surface area contributed by atoms with Gasteiger partial charge in [-0.3, -0.25) is 0 Å². The van der Waals surface area contributed by atoms with Crippen molar-refractivity contribution in [1.29, 1.82) is 0 Å². The van der Waals surface area contributed by atoms with Crippen molar-refractivity contribution in [2.24, 2.45) is 0 Å². The third kappa shape index (κ3) is 1.84. The Morgan fingerprint density at radius 3 is 2.67 bits per heavy atom. The van der Waals surface area contributed by atoms with Gasteiger partial charge in [-0.15, -0.1) is 0 Å². The lowest BCUT2D eigenvalue weighted by atomic mass is 10.2. The molecule has 1 aromatic carbocycles. The number of hydrogen-bond acceptors (Lipinski definition) is 0. The molecule has 48 valence electrons. The lowest BCUT2D eigenvalue weighted by Gasteiger charge is -1.93. The molecule has 2 heteroatoms. The zero-order valence-corrected chi connectivity index (χ0v) is 8.15. The predicted octanol–water partition coefficient (Wildman–Crippen LogP) is 1.21. The van der Waals surface area contributed by atoms with Crippen molar-refractivity contribution in [3.63, 3.8) is 0 Å². The summed E-state index contributed by atoms with van der Waals surface area (Å²) in [6, 6.07) is 9.23. The highest BCUT2D eigenvalue weighted by Gasteiger charge is 1.87. The summed E-state index contributed by atoms with van der Waals surface area (Å²) < 4.78 is 0. The van der Waals surface area contributed by atoms with Crippen LogP contribution in [0.1, 0.15) is 5.56 Å². The first-order chi connectivity index (χ1) is 4.33. The fraction of sp³-hybridized carbons (Fsp3) is 0.143. The summed E-state index contributed by atoms with van der Waals surface area (Å²) in [7, 11) is 1.22. The molecule has 9 heavy (non-hydrogen) atoms. The van der Waals surface area contributed by atoms with E-state index in [2.05, 4.69) is 6.07 Å². The maximum atomic E-state index is 5.74. The summed E-state index contributed by atoms with van der Waals surface area (Å²) in [6.45, 7) is 0. The second-order valence-corrected chi connectivity index (χ2v) is 3.13. The zero-order valence-electron chi connectivity index (χ0n) is 5.39. The molecule has 0 N–H and O–H groups in total. The van der Waals surface area contributed by atoms with Gasteiger partial charge in [0.15, 0.2) is 0 Å². The van der Waals surface area contributed by atoms with Crippen molar-refractivity contribution in [2.45, 2.75) is 6.04 Å². The van der Waals surface area contributed by atoms with Crippen LogP contribution in [0.5, 0.6) is 0 Å². The maximum Gasteiger partial charge on any atom is 0.0408 e. The molecule has 1 aromatic rings. The van der Waals surface area contributed by atoms with E-state index in [0.717, 1.165) is 5.02 Å². The van der Waals surface area contributed by atoms with Gasteiger partial charge in [-0.1, -0.05) is 29.3 Å². The van der Waals surface area contributed by atoms with E-state index in [4.69, 9.17) is 11.6 Å². The molecule has 0 atom stereocenters. The van der Waals surface area contributed by atoms with E-state index < -0.39 is 0 Å². The largest absolute Gasteiger partial charge is 0.0843 e. The van der Waals surface area contributed by atoms with Crippen molar-refractivity contribution < 1.29 is 0 Å². The molecule has 0 spiro atoms. The molecule has 0 aromatic heterocycles. The monoisotopic (exact) mass is 156 g/mol. The second-order valence-electron chi connectivity index (χ2n) is 1.98. The van der Waals surface area contributed by atoms with Gasteiger partial charge >= 0.3 is 0 Å². The molecule has 0 saturated carbocycles. The van der Waals surface area contributed by atoms with Crippen LogP contribution in [0.15, 0.2) is 24.3 Å². The molecule has 0 saturated heterocycles. The quantitative estimate of drug-likeness (QED) is 0.537. The van der Waals surface area contributed by atoms with Gasteiger partial charge in [-0.05, 0) is 18.2 Å². The van der Waals surface area contributed by atoms with Gasteiger partial charge < -0.3 is 0 Å². The Bertz CT molecular complexity index is 198. The van der Waals surface area contributed by atoms with Crippen LogP contribution in [-0.2, 0) is 6.04 Å². The number of benzene rings is 1. The molecule has 0 heterocycles. The highest BCUT2D eigenvalue weighted by atomic mass is 35.5. The Hall–Kier alpha value is -0.273. The van der Waals surface area contributed by atoms with E-state index in [1.54, 1.807) is 0 Å². The van der Waals surface area contributed by atoms with Gasteiger partial charge in [-0.25, -0.2) is 0 Å². The van der Waals surface area contributed by atoms with Crippen LogP contribution in [0.25, 0.3) is 0 Å². The maximum absolute atomic E-state index is 5.74. The fourth-order valence-corrected chi connectivity index (χ4v) is 1.41. The Labute approximate surface area is 63.3 Å². The first kappa shape index (κ1) is 6.84. The van der Waals surface area contributed by atoms with Crippen molar-refractivity contribution >= 4 is 21.8 Å². The lowest BCUT2D eigenvalue weighted by Crippen LogP contribution is -1.80. The van der Waals surface area contributed by atoms with Gasteiger partial charge in [0.25, 0.3) is 0 Å².